The third kappa shape index (κ3) is 40.9. The summed E-state index contributed by atoms with van der Waals surface area (Å²) in [6.45, 7) is 5.77. The molecular weight excluding hydrogens is 943 g/mol. The van der Waals surface area contributed by atoms with E-state index in [0.29, 0.717) is 19.3 Å². The van der Waals surface area contributed by atoms with E-state index in [-0.39, 0.29) is 13.0 Å². The van der Waals surface area contributed by atoms with Gasteiger partial charge in [0.2, 0.25) is 5.91 Å². The van der Waals surface area contributed by atoms with Crippen LogP contribution in [-0.4, -0.2) is 99.6 Å². The molecule has 442 valence electrons. The molecule has 0 aromatic carbocycles. The number of nitrogens with one attached hydrogen (secondary N) is 1. The zero-order chi connectivity index (χ0) is 54.7. The molecule has 11 nitrogen and oxygen atoms in total. The van der Waals surface area contributed by atoms with Gasteiger partial charge in [0, 0.05) is 6.42 Å². The van der Waals surface area contributed by atoms with E-state index in [1.165, 1.54) is 186 Å². The Balaban J connectivity index is 2.61. The summed E-state index contributed by atoms with van der Waals surface area (Å²) in [5.74, 6) is -1.19. The maximum absolute atomic E-state index is 13.4. The molecule has 0 radical (unpaired) electrons. The number of carbonyl (C=O) groups is 2. The molecule has 1 aliphatic heterocycles. The average Bonchev–Trinajstić information content (AvgIpc) is 3.41. The van der Waals surface area contributed by atoms with Crippen LogP contribution < -0.4 is 5.32 Å². The summed E-state index contributed by atoms with van der Waals surface area (Å²) < 4.78 is 17.6. The van der Waals surface area contributed by atoms with Crippen LogP contribution in [-0.2, 0) is 23.8 Å². The monoisotopic (exact) mass is 1060 g/mol. The van der Waals surface area contributed by atoms with E-state index in [1.54, 1.807) is 6.08 Å². The topological polar surface area (TPSA) is 175 Å². The molecule has 0 aromatic rings. The molecule has 1 saturated heterocycles. The zero-order valence-electron chi connectivity index (χ0n) is 48.9. The number of carbonyl (C=O) groups excluding carboxylic acids is 2. The Morgan fingerprint density at radius 1 is 0.507 bits per heavy atom. The maximum Gasteiger partial charge on any atom is 0.306 e. The van der Waals surface area contributed by atoms with Crippen molar-refractivity contribution in [1.82, 2.24) is 5.32 Å². The van der Waals surface area contributed by atoms with E-state index in [4.69, 9.17) is 14.2 Å². The van der Waals surface area contributed by atoms with Crippen molar-refractivity contribution in [2.75, 3.05) is 13.2 Å². The van der Waals surface area contributed by atoms with Crippen LogP contribution in [0.15, 0.2) is 24.3 Å². The summed E-state index contributed by atoms with van der Waals surface area (Å²) in [5.41, 5.74) is 0. The van der Waals surface area contributed by atoms with Crippen molar-refractivity contribution in [3.8, 4) is 0 Å². The Labute approximate surface area is 461 Å². The second-order valence-electron chi connectivity index (χ2n) is 22.5. The Hall–Kier alpha value is -1.86. The molecule has 8 atom stereocenters. The number of amides is 1. The Bertz CT molecular complexity index is 1310. The van der Waals surface area contributed by atoms with Gasteiger partial charge in [-0.15, -0.1) is 0 Å². The molecule has 1 heterocycles. The van der Waals surface area contributed by atoms with Gasteiger partial charge in [0.15, 0.2) is 12.4 Å². The molecule has 0 bridgehead atoms. The van der Waals surface area contributed by atoms with E-state index >= 15 is 0 Å². The predicted octanol–water partition coefficient (Wildman–Crippen LogP) is 15.3. The fourth-order valence-corrected chi connectivity index (χ4v) is 10.2. The van der Waals surface area contributed by atoms with Crippen LogP contribution in [0.2, 0.25) is 0 Å². The van der Waals surface area contributed by atoms with Crippen LogP contribution in [0.1, 0.15) is 310 Å². The van der Waals surface area contributed by atoms with Gasteiger partial charge in [0.1, 0.15) is 24.4 Å². The summed E-state index contributed by atoms with van der Waals surface area (Å²) in [4.78, 5) is 26.5. The number of aliphatic hydroxyl groups excluding tert-OH is 5. The van der Waals surface area contributed by atoms with Crippen molar-refractivity contribution >= 4 is 11.9 Å². The molecule has 6 N–H and O–H groups in total. The number of aliphatic hydroxyl groups is 5. The Kier molecular flexibility index (Phi) is 50.1. The SMILES string of the molecule is CCCC/C=C\CCCCCCCC(=O)OC1C(OCC(NC(=O)C(O)CCCCCCCCCCCCCCCCCCCCCCCC)C(O)/C=C/CCCCCCCCCCCCC)OC(CO)C(O)C1O. The lowest BCUT2D eigenvalue weighted by Crippen LogP contribution is -2.61. The van der Waals surface area contributed by atoms with Crippen LogP contribution in [0, 0.1) is 0 Å². The quantitative estimate of drug-likeness (QED) is 0.0195. The van der Waals surface area contributed by atoms with Gasteiger partial charge in [-0.3, -0.25) is 9.59 Å². The zero-order valence-corrected chi connectivity index (χ0v) is 48.9. The van der Waals surface area contributed by atoms with Crippen molar-refractivity contribution in [1.29, 1.82) is 0 Å². The van der Waals surface area contributed by atoms with Crippen molar-refractivity contribution in [2.24, 2.45) is 0 Å². The van der Waals surface area contributed by atoms with Gasteiger partial charge in [-0.1, -0.05) is 283 Å². The summed E-state index contributed by atoms with van der Waals surface area (Å²) in [5, 5.41) is 57.0. The molecule has 0 spiro atoms. The highest BCUT2D eigenvalue weighted by atomic mass is 16.7. The molecule has 0 saturated carbocycles. The van der Waals surface area contributed by atoms with Crippen molar-refractivity contribution in [3.05, 3.63) is 24.3 Å². The molecule has 1 rings (SSSR count). The lowest BCUT2D eigenvalue weighted by molar-refractivity contribution is -0.305. The molecule has 1 amide bonds. The van der Waals surface area contributed by atoms with E-state index in [2.05, 4.69) is 38.2 Å². The van der Waals surface area contributed by atoms with Crippen LogP contribution in [0.4, 0.5) is 0 Å². The van der Waals surface area contributed by atoms with Gasteiger partial charge in [-0.25, -0.2) is 0 Å². The van der Waals surface area contributed by atoms with Crippen molar-refractivity contribution < 1.29 is 49.3 Å². The van der Waals surface area contributed by atoms with Crippen LogP contribution in [0.25, 0.3) is 0 Å². The fraction of sp³-hybridized carbons (Fsp3) is 0.906. The number of esters is 1. The lowest BCUT2D eigenvalue weighted by Gasteiger charge is -2.41. The number of hydrogen-bond donors (Lipinski definition) is 6. The van der Waals surface area contributed by atoms with Gasteiger partial charge in [-0.05, 0) is 44.9 Å². The van der Waals surface area contributed by atoms with Gasteiger partial charge >= 0.3 is 5.97 Å². The summed E-state index contributed by atoms with van der Waals surface area (Å²) in [6.07, 6.45) is 50.9. The number of allylic oxidation sites excluding steroid dienone is 3. The van der Waals surface area contributed by atoms with E-state index in [0.717, 1.165) is 77.0 Å². The molecule has 11 heteroatoms. The van der Waals surface area contributed by atoms with E-state index in [9.17, 15) is 35.1 Å². The second-order valence-corrected chi connectivity index (χ2v) is 22.5. The highest BCUT2D eigenvalue weighted by molar-refractivity contribution is 5.80. The Morgan fingerprint density at radius 2 is 0.893 bits per heavy atom. The number of rotatable bonds is 55. The minimum atomic E-state index is -1.61. The van der Waals surface area contributed by atoms with E-state index in [1.807, 2.05) is 6.08 Å². The summed E-state index contributed by atoms with van der Waals surface area (Å²) in [6, 6.07) is -1.02. The van der Waals surface area contributed by atoms with Crippen molar-refractivity contribution in [2.45, 2.75) is 359 Å². The largest absolute Gasteiger partial charge is 0.454 e. The molecule has 1 fully saturated rings. The minimum Gasteiger partial charge on any atom is -0.454 e. The fourth-order valence-electron chi connectivity index (χ4n) is 10.2. The smallest absolute Gasteiger partial charge is 0.306 e. The number of unbranched alkanes of at least 4 members (excludes halogenated alkanes) is 39. The van der Waals surface area contributed by atoms with Gasteiger partial charge in [0.05, 0.1) is 25.4 Å². The minimum absolute atomic E-state index is 0.116. The maximum atomic E-state index is 13.4. The first-order valence-corrected chi connectivity index (χ1v) is 32.1. The molecule has 0 aliphatic carbocycles. The highest BCUT2D eigenvalue weighted by Crippen LogP contribution is 2.26. The van der Waals surface area contributed by atoms with E-state index < -0.39 is 67.4 Å². The highest BCUT2D eigenvalue weighted by Gasteiger charge is 2.47. The van der Waals surface area contributed by atoms with Crippen LogP contribution >= 0.6 is 0 Å². The van der Waals surface area contributed by atoms with Gasteiger partial charge in [-0.2, -0.15) is 0 Å². The normalized spacial score (nSPS) is 19.3. The summed E-state index contributed by atoms with van der Waals surface area (Å²) >= 11 is 0. The van der Waals surface area contributed by atoms with Crippen LogP contribution in [0.5, 0.6) is 0 Å². The number of ether oxygens (including phenoxy) is 3. The molecule has 8 unspecified atom stereocenters. The molecule has 1 aliphatic rings. The lowest BCUT2D eigenvalue weighted by atomic mass is 9.99. The summed E-state index contributed by atoms with van der Waals surface area (Å²) in [7, 11) is 0. The van der Waals surface area contributed by atoms with Crippen molar-refractivity contribution in [3.63, 3.8) is 0 Å². The first-order chi connectivity index (χ1) is 36.7. The predicted molar refractivity (Wildman–Crippen MR) is 311 cm³/mol. The van der Waals surface area contributed by atoms with Crippen LogP contribution in [0.3, 0.4) is 0 Å². The number of hydrogen-bond acceptors (Lipinski definition) is 10. The van der Waals surface area contributed by atoms with Gasteiger partial charge in [0.25, 0.3) is 0 Å². The average molecular weight is 1060 g/mol. The second kappa shape index (κ2) is 52.8. The molecule has 0 aromatic heterocycles. The first kappa shape index (κ1) is 71.2. The third-order valence-corrected chi connectivity index (χ3v) is 15.4. The third-order valence-electron chi connectivity index (χ3n) is 15.4. The molecule has 75 heavy (non-hydrogen) atoms. The molecular formula is C64H121NO10. The van der Waals surface area contributed by atoms with Gasteiger partial charge < -0.3 is 45.1 Å². The Morgan fingerprint density at radius 3 is 1.33 bits per heavy atom. The standard InChI is InChI=1S/C64H121NO10/c1-4-7-10-13-16-19-22-24-25-26-27-28-29-30-31-32-34-37-39-42-45-48-51-57(68)63(72)65-55(56(67)50-47-44-41-38-36-33-23-20-17-14-11-8-5-2)54-73-64-62(61(71)60(70)58(53-66)74-64)75-59(69)52-49-46-43-40-35-21-18-15-12-9-6-3/h15,18,47,50,55-58,60-62,64,66-68,70-71H,4-14,16-17,19-46,48-49,51-54H2,1-3H3,(H,65,72)/b18-15-,50-47+. The first-order valence-electron chi connectivity index (χ1n) is 32.1.